The van der Waals surface area contributed by atoms with Crippen molar-refractivity contribution in [3.05, 3.63) is 12.2 Å². The predicted octanol–water partition coefficient (Wildman–Crippen LogP) is -0.669. The smallest absolute Gasteiger partial charge is 0.330 e. The molecule has 112 valence electrons. The second-order valence-corrected chi connectivity index (χ2v) is 4.81. The minimum Gasteiger partial charge on any atom is -0.459 e. The standard InChI is InChI=1S/C13H20N2O5/c1-3-4-12(18)20-8(2)5-11(17)15-7-9(16)6-10(15)13(14)19/h3-4,8-10,16H,5-7H2,1-2H3,(H2,14,19)/b4-3+/t8-,9-,10?/m1/s1. The first kappa shape index (κ1) is 16.2. The van der Waals surface area contributed by atoms with Gasteiger partial charge in [0.25, 0.3) is 0 Å². The zero-order valence-corrected chi connectivity index (χ0v) is 11.6. The quantitative estimate of drug-likeness (QED) is 0.514. The Balaban J connectivity index is 2.57. The van der Waals surface area contributed by atoms with Crippen molar-refractivity contribution in [3.63, 3.8) is 0 Å². The predicted molar refractivity (Wildman–Crippen MR) is 70.3 cm³/mol. The van der Waals surface area contributed by atoms with Crippen LogP contribution in [0.1, 0.15) is 26.7 Å². The maximum absolute atomic E-state index is 12.1. The zero-order chi connectivity index (χ0) is 15.3. The lowest BCUT2D eigenvalue weighted by Crippen LogP contribution is -2.44. The molecule has 0 aliphatic carbocycles. The number of aliphatic hydroxyl groups excluding tert-OH is 1. The number of β-amino-alcohol motifs (C(OH)–C–C–N with tert-alkyl or cyclic N) is 1. The lowest BCUT2D eigenvalue weighted by Gasteiger charge is -2.23. The van der Waals surface area contributed by atoms with Crippen LogP contribution in [0.25, 0.3) is 0 Å². The van der Waals surface area contributed by atoms with E-state index in [4.69, 9.17) is 10.5 Å². The summed E-state index contributed by atoms with van der Waals surface area (Å²) in [4.78, 5) is 35.8. The Morgan fingerprint density at radius 1 is 1.50 bits per heavy atom. The molecule has 2 amide bonds. The van der Waals surface area contributed by atoms with Gasteiger partial charge in [-0.1, -0.05) is 6.08 Å². The highest BCUT2D eigenvalue weighted by atomic mass is 16.5. The second-order valence-electron chi connectivity index (χ2n) is 4.81. The second kappa shape index (κ2) is 7.04. The van der Waals surface area contributed by atoms with Gasteiger partial charge in [0.2, 0.25) is 11.8 Å². The number of esters is 1. The molecule has 7 nitrogen and oxygen atoms in total. The van der Waals surface area contributed by atoms with E-state index < -0.39 is 30.1 Å². The van der Waals surface area contributed by atoms with E-state index in [0.29, 0.717) is 0 Å². The Morgan fingerprint density at radius 3 is 2.70 bits per heavy atom. The average Bonchev–Trinajstić information content (AvgIpc) is 2.71. The Labute approximate surface area is 117 Å². The van der Waals surface area contributed by atoms with E-state index >= 15 is 0 Å². The first-order chi connectivity index (χ1) is 9.35. The van der Waals surface area contributed by atoms with Gasteiger partial charge in [-0.15, -0.1) is 0 Å². The number of likely N-dealkylation sites (tertiary alicyclic amines) is 1. The van der Waals surface area contributed by atoms with Gasteiger partial charge in [-0.2, -0.15) is 0 Å². The molecule has 1 saturated heterocycles. The number of amides is 2. The van der Waals surface area contributed by atoms with Crippen LogP contribution >= 0.6 is 0 Å². The Hall–Kier alpha value is -1.89. The molecule has 0 spiro atoms. The van der Waals surface area contributed by atoms with Gasteiger partial charge in [0.05, 0.1) is 12.5 Å². The fraction of sp³-hybridized carbons (Fsp3) is 0.615. The Kier molecular flexibility index (Phi) is 5.69. The van der Waals surface area contributed by atoms with Crippen molar-refractivity contribution in [2.45, 2.75) is 44.9 Å². The third-order valence-corrected chi connectivity index (χ3v) is 3.01. The average molecular weight is 284 g/mol. The van der Waals surface area contributed by atoms with Crippen molar-refractivity contribution < 1.29 is 24.2 Å². The van der Waals surface area contributed by atoms with Crippen LogP contribution in [0.2, 0.25) is 0 Å². The summed E-state index contributed by atoms with van der Waals surface area (Å²) in [6.07, 6.45) is 1.52. The lowest BCUT2D eigenvalue weighted by atomic mass is 10.2. The fourth-order valence-corrected chi connectivity index (χ4v) is 2.14. The number of rotatable bonds is 5. The fourth-order valence-electron chi connectivity index (χ4n) is 2.14. The molecule has 0 saturated carbocycles. The summed E-state index contributed by atoms with van der Waals surface area (Å²) in [5.74, 6) is -1.54. The Bertz CT molecular complexity index is 421. The molecule has 1 heterocycles. The normalized spacial score (nSPS) is 23.9. The number of hydrogen-bond donors (Lipinski definition) is 2. The van der Waals surface area contributed by atoms with Crippen LogP contribution in [0.3, 0.4) is 0 Å². The molecule has 1 rings (SSSR count). The van der Waals surface area contributed by atoms with Gasteiger partial charge in [-0.05, 0) is 13.8 Å². The first-order valence-electron chi connectivity index (χ1n) is 6.45. The van der Waals surface area contributed by atoms with E-state index in [1.807, 2.05) is 0 Å². The van der Waals surface area contributed by atoms with E-state index in [1.54, 1.807) is 13.8 Å². The molecule has 1 fully saturated rings. The van der Waals surface area contributed by atoms with Gasteiger partial charge < -0.3 is 20.5 Å². The molecule has 1 aliphatic heterocycles. The maximum atomic E-state index is 12.1. The number of aliphatic hydroxyl groups is 1. The molecule has 0 aromatic carbocycles. The van der Waals surface area contributed by atoms with Crippen molar-refractivity contribution >= 4 is 17.8 Å². The van der Waals surface area contributed by atoms with Crippen LogP contribution in [0.5, 0.6) is 0 Å². The number of hydrogen-bond acceptors (Lipinski definition) is 5. The molecule has 0 aromatic rings. The molecule has 1 aliphatic rings. The summed E-state index contributed by atoms with van der Waals surface area (Å²) >= 11 is 0. The third-order valence-electron chi connectivity index (χ3n) is 3.01. The number of carbonyl (C=O) groups is 3. The molecular formula is C13H20N2O5. The topological polar surface area (TPSA) is 110 Å². The molecule has 0 bridgehead atoms. The van der Waals surface area contributed by atoms with Gasteiger partial charge in [0, 0.05) is 19.0 Å². The first-order valence-corrected chi connectivity index (χ1v) is 6.45. The van der Waals surface area contributed by atoms with Crippen LogP contribution in [-0.4, -0.2) is 52.6 Å². The largest absolute Gasteiger partial charge is 0.459 e. The van der Waals surface area contributed by atoms with Gasteiger partial charge in [0.15, 0.2) is 0 Å². The minimum absolute atomic E-state index is 0.0558. The summed E-state index contributed by atoms with van der Waals surface area (Å²) in [5.41, 5.74) is 5.20. The van der Waals surface area contributed by atoms with Crippen LogP contribution in [0, 0.1) is 0 Å². The summed E-state index contributed by atoms with van der Waals surface area (Å²) in [5, 5.41) is 9.52. The lowest BCUT2D eigenvalue weighted by molar-refractivity contribution is -0.147. The van der Waals surface area contributed by atoms with Crippen molar-refractivity contribution in [1.82, 2.24) is 4.90 Å². The summed E-state index contributed by atoms with van der Waals surface area (Å²) in [6, 6.07) is -0.795. The minimum atomic E-state index is -0.795. The van der Waals surface area contributed by atoms with Crippen molar-refractivity contribution in [3.8, 4) is 0 Å². The number of nitrogens with two attached hydrogens (primary N) is 1. The van der Waals surface area contributed by atoms with Crippen LogP contribution in [0.4, 0.5) is 0 Å². The van der Waals surface area contributed by atoms with Gasteiger partial charge in [0.1, 0.15) is 12.1 Å². The summed E-state index contributed by atoms with van der Waals surface area (Å²) in [6.45, 7) is 3.34. The van der Waals surface area contributed by atoms with Crippen molar-refractivity contribution in [1.29, 1.82) is 0 Å². The maximum Gasteiger partial charge on any atom is 0.330 e. The molecule has 0 radical (unpaired) electrons. The van der Waals surface area contributed by atoms with Crippen LogP contribution in [-0.2, 0) is 19.1 Å². The Morgan fingerprint density at radius 2 is 2.15 bits per heavy atom. The SMILES string of the molecule is C/C=C/C(=O)O[C@H](C)CC(=O)N1C[C@H](O)CC1C(N)=O. The highest BCUT2D eigenvalue weighted by Crippen LogP contribution is 2.19. The highest BCUT2D eigenvalue weighted by Gasteiger charge is 2.38. The zero-order valence-electron chi connectivity index (χ0n) is 11.6. The van der Waals surface area contributed by atoms with E-state index in [0.717, 1.165) is 0 Å². The molecule has 0 aromatic heterocycles. The summed E-state index contributed by atoms with van der Waals surface area (Å²) in [7, 11) is 0. The highest BCUT2D eigenvalue weighted by molar-refractivity contribution is 5.88. The molecule has 7 heteroatoms. The molecule has 20 heavy (non-hydrogen) atoms. The third kappa shape index (κ3) is 4.34. The van der Waals surface area contributed by atoms with Gasteiger partial charge in [-0.3, -0.25) is 9.59 Å². The number of carbonyl (C=O) groups excluding carboxylic acids is 3. The summed E-state index contributed by atoms with van der Waals surface area (Å²) < 4.78 is 4.99. The van der Waals surface area contributed by atoms with Crippen LogP contribution in [0.15, 0.2) is 12.2 Å². The van der Waals surface area contributed by atoms with E-state index in [-0.39, 0.29) is 25.3 Å². The van der Waals surface area contributed by atoms with E-state index in [9.17, 15) is 19.5 Å². The molecule has 1 unspecified atom stereocenters. The molecular weight excluding hydrogens is 264 g/mol. The number of allylic oxidation sites excluding steroid dienone is 1. The van der Waals surface area contributed by atoms with Crippen LogP contribution < -0.4 is 5.73 Å². The number of nitrogens with zero attached hydrogens (tertiary/aromatic N) is 1. The number of primary amides is 1. The van der Waals surface area contributed by atoms with Gasteiger partial charge >= 0.3 is 5.97 Å². The number of ether oxygens (including phenoxy) is 1. The molecule has 3 atom stereocenters. The van der Waals surface area contributed by atoms with E-state index in [2.05, 4.69) is 0 Å². The van der Waals surface area contributed by atoms with Crippen molar-refractivity contribution in [2.75, 3.05) is 6.54 Å². The molecule has 3 N–H and O–H groups in total. The van der Waals surface area contributed by atoms with E-state index in [1.165, 1.54) is 17.1 Å². The van der Waals surface area contributed by atoms with Crippen molar-refractivity contribution in [2.24, 2.45) is 5.73 Å². The monoisotopic (exact) mass is 284 g/mol. The van der Waals surface area contributed by atoms with Gasteiger partial charge in [-0.25, -0.2) is 4.79 Å².